The molecule has 0 aliphatic carbocycles. The van der Waals surface area contributed by atoms with E-state index in [0.717, 1.165) is 42.9 Å². The molecule has 0 spiro atoms. The van der Waals surface area contributed by atoms with Crippen molar-refractivity contribution in [1.82, 2.24) is 14.9 Å². The van der Waals surface area contributed by atoms with Crippen LogP contribution in [0, 0.1) is 0 Å². The second kappa shape index (κ2) is 5.01. The largest absolute Gasteiger partial charge is 0.368 e. The van der Waals surface area contributed by atoms with E-state index >= 15 is 0 Å². The normalized spacial score (nSPS) is 15.9. The zero-order valence-corrected chi connectivity index (χ0v) is 11.1. The van der Waals surface area contributed by atoms with Crippen molar-refractivity contribution in [1.29, 1.82) is 0 Å². The Morgan fingerprint density at radius 1 is 1.37 bits per heavy atom. The van der Waals surface area contributed by atoms with Gasteiger partial charge < -0.3 is 10.2 Å². The van der Waals surface area contributed by atoms with Gasteiger partial charge in [-0.1, -0.05) is 0 Å². The fourth-order valence-electron chi connectivity index (χ4n) is 2.66. The Balaban J connectivity index is 2.22. The highest BCUT2D eigenvalue weighted by Gasteiger charge is 2.16. The summed E-state index contributed by atoms with van der Waals surface area (Å²) in [7, 11) is 0. The van der Waals surface area contributed by atoms with Crippen molar-refractivity contribution < 1.29 is 0 Å². The van der Waals surface area contributed by atoms with E-state index in [1.165, 1.54) is 0 Å². The Labute approximate surface area is 111 Å². The highest BCUT2D eigenvalue weighted by Crippen LogP contribution is 2.23. The lowest BCUT2D eigenvalue weighted by atomic mass is 10.2. The SMILES string of the molecule is CCn1c(=O)cc(N2CCNCC2)c2cccnc21. The van der Waals surface area contributed by atoms with Crippen LogP contribution in [0.4, 0.5) is 5.69 Å². The van der Waals surface area contributed by atoms with Crippen LogP contribution in [0.15, 0.2) is 29.2 Å². The minimum Gasteiger partial charge on any atom is -0.368 e. The van der Waals surface area contributed by atoms with Crippen LogP contribution in [-0.4, -0.2) is 35.7 Å². The van der Waals surface area contributed by atoms with Crippen LogP contribution in [0.2, 0.25) is 0 Å². The van der Waals surface area contributed by atoms with E-state index in [0.29, 0.717) is 6.54 Å². The maximum Gasteiger partial charge on any atom is 0.254 e. The highest BCUT2D eigenvalue weighted by molar-refractivity contribution is 5.89. The van der Waals surface area contributed by atoms with E-state index in [-0.39, 0.29) is 5.56 Å². The van der Waals surface area contributed by atoms with Gasteiger partial charge in [0.1, 0.15) is 5.65 Å². The molecule has 1 aliphatic heterocycles. The van der Waals surface area contributed by atoms with Crippen LogP contribution < -0.4 is 15.8 Å². The standard InChI is InChI=1S/C14H18N4O/c1-2-18-13(19)10-12(17-8-6-15-7-9-17)11-4-3-5-16-14(11)18/h3-5,10,15H,2,6-9H2,1H3. The van der Waals surface area contributed by atoms with Gasteiger partial charge in [0.05, 0.1) is 5.69 Å². The first-order chi connectivity index (χ1) is 9.31. The summed E-state index contributed by atoms with van der Waals surface area (Å²) in [6, 6.07) is 5.72. The van der Waals surface area contributed by atoms with Crippen LogP contribution in [-0.2, 0) is 6.54 Å². The topological polar surface area (TPSA) is 50.2 Å². The summed E-state index contributed by atoms with van der Waals surface area (Å²) < 4.78 is 1.72. The molecule has 0 bridgehead atoms. The van der Waals surface area contributed by atoms with E-state index in [1.54, 1.807) is 16.8 Å². The first-order valence-electron chi connectivity index (χ1n) is 6.75. The van der Waals surface area contributed by atoms with Gasteiger partial charge in [-0.05, 0) is 19.1 Å². The van der Waals surface area contributed by atoms with Gasteiger partial charge in [-0.25, -0.2) is 4.98 Å². The van der Waals surface area contributed by atoms with Crippen molar-refractivity contribution >= 4 is 16.7 Å². The molecule has 0 amide bonds. The van der Waals surface area contributed by atoms with Gasteiger partial charge in [0.2, 0.25) is 0 Å². The molecule has 0 radical (unpaired) electrons. The van der Waals surface area contributed by atoms with Gasteiger partial charge in [0, 0.05) is 50.4 Å². The van der Waals surface area contributed by atoms with Crippen molar-refractivity contribution in [3.63, 3.8) is 0 Å². The third kappa shape index (κ3) is 2.10. The number of hydrogen-bond acceptors (Lipinski definition) is 4. The minimum atomic E-state index is 0.0298. The fraction of sp³-hybridized carbons (Fsp3) is 0.429. The van der Waals surface area contributed by atoms with Crippen molar-refractivity contribution in [3.8, 4) is 0 Å². The lowest BCUT2D eigenvalue weighted by Crippen LogP contribution is -2.44. The quantitative estimate of drug-likeness (QED) is 0.866. The molecule has 100 valence electrons. The summed E-state index contributed by atoms with van der Waals surface area (Å²) in [6.07, 6.45) is 1.75. The average molecular weight is 258 g/mol. The molecule has 0 unspecified atom stereocenters. The number of aromatic nitrogens is 2. The second-order valence-electron chi connectivity index (χ2n) is 4.72. The van der Waals surface area contributed by atoms with E-state index in [1.807, 2.05) is 19.1 Å². The number of nitrogens with zero attached hydrogens (tertiary/aromatic N) is 3. The van der Waals surface area contributed by atoms with Gasteiger partial charge in [0.25, 0.3) is 5.56 Å². The molecule has 1 saturated heterocycles. The zero-order valence-electron chi connectivity index (χ0n) is 11.1. The molecular weight excluding hydrogens is 240 g/mol. The molecule has 1 N–H and O–H groups in total. The molecule has 0 saturated carbocycles. The number of anilines is 1. The minimum absolute atomic E-state index is 0.0298. The number of nitrogens with one attached hydrogen (secondary N) is 1. The van der Waals surface area contributed by atoms with Gasteiger partial charge in [-0.15, -0.1) is 0 Å². The number of rotatable bonds is 2. The summed E-state index contributed by atoms with van der Waals surface area (Å²) in [5, 5.41) is 4.39. The van der Waals surface area contributed by atoms with E-state index in [2.05, 4.69) is 15.2 Å². The molecule has 1 fully saturated rings. The van der Waals surface area contributed by atoms with Crippen LogP contribution >= 0.6 is 0 Å². The van der Waals surface area contributed by atoms with Crippen LogP contribution in [0.3, 0.4) is 0 Å². The smallest absolute Gasteiger partial charge is 0.254 e. The third-order valence-electron chi connectivity index (χ3n) is 3.62. The maximum absolute atomic E-state index is 12.2. The van der Waals surface area contributed by atoms with Crippen molar-refractivity contribution in [2.24, 2.45) is 0 Å². The third-order valence-corrected chi connectivity index (χ3v) is 3.62. The first kappa shape index (κ1) is 12.2. The van der Waals surface area contributed by atoms with E-state index < -0.39 is 0 Å². The maximum atomic E-state index is 12.2. The predicted molar refractivity (Wildman–Crippen MR) is 76.8 cm³/mol. The molecule has 2 aromatic heterocycles. The van der Waals surface area contributed by atoms with E-state index in [9.17, 15) is 4.79 Å². The van der Waals surface area contributed by atoms with Gasteiger partial charge in [0.15, 0.2) is 0 Å². The van der Waals surface area contributed by atoms with Crippen LogP contribution in [0.1, 0.15) is 6.92 Å². The number of pyridine rings is 2. The Hall–Kier alpha value is -1.88. The summed E-state index contributed by atoms with van der Waals surface area (Å²) in [5.74, 6) is 0. The lowest BCUT2D eigenvalue weighted by molar-refractivity contribution is 0.589. The first-order valence-corrected chi connectivity index (χ1v) is 6.75. The van der Waals surface area contributed by atoms with Gasteiger partial charge >= 0.3 is 0 Å². The molecule has 3 rings (SSSR count). The molecule has 5 heteroatoms. The van der Waals surface area contributed by atoms with Crippen LogP contribution in [0.25, 0.3) is 11.0 Å². The number of piperazine rings is 1. The average Bonchev–Trinajstić information content (AvgIpc) is 2.47. The molecule has 2 aromatic rings. The fourth-order valence-corrected chi connectivity index (χ4v) is 2.66. The Bertz CT molecular complexity index is 643. The summed E-state index contributed by atoms with van der Waals surface area (Å²) in [4.78, 5) is 18.9. The molecule has 5 nitrogen and oxygen atoms in total. The lowest BCUT2D eigenvalue weighted by Gasteiger charge is -2.30. The number of aryl methyl sites for hydroxylation is 1. The molecule has 19 heavy (non-hydrogen) atoms. The predicted octanol–water partition coefficient (Wildman–Crippen LogP) is 0.826. The summed E-state index contributed by atoms with van der Waals surface area (Å²) in [5.41, 5.74) is 1.83. The van der Waals surface area contributed by atoms with E-state index in [4.69, 9.17) is 0 Å². The summed E-state index contributed by atoms with van der Waals surface area (Å²) >= 11 is 0. The Kier molecular flexibility index (Phi) is 3.21. The molecule has 0 aromatic carbocycles. The number of fused-ring (bicyclic) bond motifs is 1. The van der Waals surface area contributed by atoms with Gasteiger partial charge in [-0.2, -0.15) is 0 Å². The summed E-state index contributed by atoms with van der Waals surface area (Å²) in [6.45, 7) is 6.39. The second-order valence-corrected chi connectivity index (χ2v) is 4.72. The van der Waals surface area contributed by atoms with Crippen molar-refractivity contribution in [3.05, 3.63) is 34.7 Å². The number of hydrogen-bond donors (Lipinski definition) is 1. The highest BCUT2D eigenvalue weighted by atomic mass is 16.1. The molecule has 0 atom stereocenters. The monoisotopic (exact) mass is 258 g/mol. The molecule has 3 heterocycles. The molecule has 1 aliphatic rings. The van der Waals surface area contributed by atoms with Crippen LogP contribution in [0.5, 0.6) is 0 Å². The van der Waals surface area contributed by atoms with Gasteiger partial charge in [-0.3, -0.25) is 9.36 Å². The Morgan fingerprint density at radius 3 is 2.89 bits per heavy atom. The van der Waals surface area contributed by atoms with Crippen molar-refractivity contribution in [2.45, 2.75) is 13.5 Å². The Morgan fingerprint density at radius 2 is 2.16 bits per heavy atom. The van der Waals surface area contributed by atoms with Crippen molar-refractivity contribution in [2.75, 3.05) is 31.1 Å². The molecular formula is C14H18N4O. The zero-order chi connectivity index (χ0) is 13.2.